The molecular formula is C10H15N7O2. The fraction of sp³-hybridized carbons (Fsp3) is 0.500. The third-order valence-corrected chi connectivity index (χ3v) is 2.49. The van der Waals surface area contributed by atoms with Crippen molar-refractivity contribution in [3.05, 3.63) is 24.3 Å². The van der Waals surface area contributed by atoms with Crippen molar-refractivity contribution >= 4 is 5.97 Å². The van der Waals surface area contributed by atoms with Crippen molar-refractivity contribution in [1.82, 2.24) is 35.3 Å². The highest BCUT2D eigenvalue weighted by Crippen LogP contribution is 1.92. The fourth-order valence-corrected chi connectivity index (χ4v) is 1.54. The monoisotopic (exact) mass is 265 g/mol. The quantitative estimate of drug-likeness (QED) is 0.604. The standard InChI is InChI=1S/C10H15N7O2/c18-10(19)9-8-17(15-13-9)6-3-11-2-1-5-16-7-4-12-14-16/h4,7-8,11H,1-3,5-6H2,(H,18,19). The molecule has 0 aliphatic rings. The molecule has 0 bridgehead atoms. The highest BCUT2D eigenvalue weighted by molar-refractivity contribution is 5.84. The van der Waals surface area contributed by atoms with Crippen LogP contribution in [0.15, 0.2) is 18.6 Å². The summed E-state index contributed by atoms with van der Waals surface area (Å²) < 4.78 is 3.28. The van der Waals surface area contributed by atoms with Crippen LogP contribution in [0.2, 0.25) is 0 Å². The lowest BCUT2D eigenvalue weighted by molar-refractivity contribution is 0.0690. The first-order valence-corrected chi connectivity index (χ1v) is 5.94. The van der Waals surface area contributed by atoms with Crippen LogP contribution in [0.25, 0.3) is 0 Å². The first-order chi connectivity index (χ1) is 9.25. The van der Waals surface area contributed by atoms with Gasteiger partial charge in [0, 0.05) is 19.3 Å². The first kappa shape index (κ1) is 13.1. The third-order valence-electron chi connectivity index (χ3n) is 2.49. The van der Waals surface area contributed by atoms with E-state index in [1.165, 1.54) is 10.9 Å². The van der Waals surface area contributed by atoms with Crippen molar-refractivity contribution in [2.45, 2.75) is 19.5 Å². The Morgan fingerprint density at radius 3 is 2.84 bits per heavy atom. The number of carboxylic acid groups (broad SMARTS) is 1. The molecule has 0 amide bonds. The van der Waals surface area contributed by atoms with Gasteiger partial charge in [-0.15, -0.1) is 10.2 Å². The summed E-state index contributed by atoms with van der Waals surface area (Å²) in [5.74, 6) is -1.06. The molecule has 0 saturated carbocycles. The average Bonchev–Trinajstić information content (AvgIpc) is 3.04. The summed E-state index contributed by atoms with van der Waals surface area (Å²) in [6.45, 7) is 2.96. The van der Waals surface area contributed by atoms with Gasteiger partial charge in [-0.25, -0.2) is 4.79 Å². The van der Waals surface area contributed by atoms with Gasteiger partial charge < -0.3 is 10.4 Å². The van der Waals surface area contributed by atoms with E-state index < -0.39 is 5.97 Å². The highest BCUT2D eigenvalue weighted by Gasteiger charge is 2.07. The molecule has 2 rings (SSSR count). The summed E-state index contributed by atoms with van der Waals surface area (Å²) in [5.41, 5.74) is -0.0359. The molecule has 0 fully saturated rings. The number of carboxylic acids is 1. The lowest BCUT2D eigenvalue weighted by atomic mass is 10.4. The maximum atomic E-state index is 10.6. The van der Waals surface area contributed by atoms with Crippen molar-refractivity contribution in [1.29, 1.82) is 0 Å². The minimum Gasteiger partial charge on any atom is -0.476 e. The molecule has 0 unspecified atom stereocenters. The summed E-state index contributed by atoms with van der Waals surface area (Å²) >= 11 is 0. The summed E-state index contributed by atoms with van der Waals surface area (Å²) in [5, 5.41) is 26.8. The molecule has 0 atom stereocenters. The number of aromatic carboxylic acids is 1. The number of aryl methyl sites for hydroxylation is 1. The van der Waals surface area contributed by atoms with Gasteiger partial charge in [-0.05, 0) is 13.0 Å². The molecule has 2 N–H and O–H groups in total. The minimum absolute atomic E-state index is 0.0359. The molecule has 2 aromatic heterocycles. The van der Waals surface area contributed by atoms with Gasteiger partial charge >= 0.3 is 5.97 Å². The Labute approximate surface area is 109 Å². The Kier molecular flexibility index (Phi) is 4.56. The minimum atomic E-state index is -1.06. The van der Waals surface area contributed by atoms with Gasteiger partial charge in [-0.1, -0.05) is 10.4 Å². The molecule has 0 aromatic carbocycles. The molecule has 0 aliphatic carbocycles. The SMILES string of the molecule is O=C(O)c1cn(CCNCCCn2ccnn2)nn1. The lowest BCUT2D eigenvalue weighted by Gasteiger charge is -2.04. The van der Waals surface area contributed by atoms with Crippen molar-refractivity contribution in [2.75, 3.05) is 13.1 Å². The van der Waals surface area contributed by atoms with Gasteiger partial charge in [-0.2, -0.15) is 0 Å². The fourth-order valence-electron chi connectivity index (χ4n) is 1.54. The van der Waals surface area contributed by atoms with E-state index in [4.69, 9.17) is 5.11 Å². The third kappa shape index (κ3) is 4.14. The van der Waals surface area contributed by atoms with E-state index in [2.05, 4.69) is 25.9 Å². The number of nitrogens with one attached hydrogen (secondary N) is 1. The number of nitrogens with zero attached hydrogens (tertiary/aromatic N) is 6. The zero-order valence-corrected chi connectivity index (χ0v) is 10.3. The second-order valence-electron chi connectivity index (χ2n) is 3.94. The van der Waals surface area contributed by atoms with E-state index in [1.54, 1.807) is 10.9 Å². The van der Waals surface area contributed by atoms with Gasteiger partial charge in [0.05, 0.1) is 18.9 Å². The van der Waals surface area contributed by atoms with Crippen molar-refractivity contribution in [3.63, 3.8) is 0 Å². The van der Waals surface area contributed by atoms with Crippen LogP contribution < -0.4 is 5.32 Å². The molecule has 0 spiro atoms. The molecule has 9 heteroatoms. The number of rotatable bonds is 8. The molecular weight excluding hydrogens is 250 g/mol. The summed E-state index contributed by atoms with van der Waals surface area (Å²) in [6, 6.07) is 0. The first-order valence-electron chi connectivity index (χ1n) is 5.94. The van der Waals surface area contributed by atoms with Crippen molar-refractivity contribution in [3.8, 4) is 0 Å². The second-order valence-corrected chi connectivity index (χ2v) is 3.94. The Balaban J connectivity index is 1.57. The number of carbonyl (C=O) groups is 1. The predicted molar refractivity (Wildman–Crippen MR) is 64.5 cm³/mol. The Bertz CT molecular complexity index is 508. The summed E-state index contributed by atoms with van der Waals surface area (Å²) in [4.78, 5) is 10.6. The normalized spacial score (nSPS) is 10.7. The van der Waals surface area contributed by atoms with Crippen LogP contribution in [-0.4, -0.2) is 54.2 Å². The van der Waals surface area contributed by atoms with Gasteiger partial charge in [-0.3, -0.25) is 9.36 Å². The summed E-state index contributed by atoms with van der Waals surface area (Å²) in [7, 11) is 0. The molecule has 0 radical (unpaired) electrons. The Morgan fingerprint density at radius 2 is 2.16 bits per heavy atom. The maximum Gasteiger partial charge on any atom is 0.358 e. The second kappa shape index (κ2) is 6.59. The van der Waals surface area contributed by atoms with Crippen LogP contribution >= 0.6 is 0 Å². The van der Waals surface area contributed by atoms with Crippen LogP contribution in [0.1, 0.15) is 16.9 Å². The Morgan fingerprint density at radius 1 is 1.26 bits per heavy atom. The Hall–Kier alpha value is -2.29. The van der Waals surface area contributed by atoms with E-state index in [1.807, 2.05) is 6.20 Å². The maximum absolute atomic E-state index is 10.6. The van der Waals surface area contributed by atoms with E-state index >= 15 is 0 Å². The van der Waals surface area contributed by atoms with Gasteiger partial charge in [0.1, 0.15) is 0 Å². The van der Waals surface area contributed by atoms with Gasteiger partial charge in [0.15, 0.2) is 5.69 Å². The molecule has 0 aliphatic heterocycles. The van der Waals surface area contributed by atoms with Crippen LogP contribution in [0.4, 0.5) is 0 Å². The van der Waals surface area contributed by atoms with Gasteiger partial charge in [0.2, 0.25) is 0 Å². The molecule has 19 heavy (non-hydrogen) atoms. The van der Waals surface area contributed by atoms with Crippen LogP contribution in [0.5, 0.6) is 0 Å². The van der Waals surface area contributed by atoms with E-state index in [0.29, 0.717) is 13.1 Å². The summed E-state index contributed by atoms with van der Waals surface area (Å²) in [6.07, 6.45) is 5.83. The number of hydrogen-bond donors (Lipinski definition) is 2. The van der Waals surface area contributed by atoms with Crippen LogP contribution in [0.3, 0.4) is 0 Å². The topological polar surface area (TPSA) is 111 Å². The largest absolute Gasteiger partial charge is 0.476 e. The zero-order chi connectivity index (χ0) is 13.5. The van der Waals surface area contributed by atoms with Crippen molar-refractivity contribution < 1.29 is 9.90 Å². The average molecular weight is 265 g/mol. The molecule has 102 valence electrons. The smallest absolute Gasteiger partial charge is 0.358 e. The zero-order valence-electron chi connectivity index (χ0n) is 10.3. The van der Waals surface area contributed by atoms with Gasteiger partial charge in [0.25, 0.3) is 0 Å². The molecule has 0 saturated heterocycles. The van der Waals surface area contributed by atoms with Crippen LogP contribution in [-0.2, 0) is 13.1 Å². The predicted octanol–water partition coefficient (Wildman–Crippen LogP) is -0.752. The molecule has 2 aromatic rings. The van der Waals surface area contributed by atoms with Crippen LogP contribution in [0, 0.1) is 0 Å². The number of aromatic nitrogens is 6. The van der Waals surface area contributed by atoms with Crippen molar-refractivity contribution in [2.24, 2.45) is 0 Å². The molecule has 9 nitrogen and oxygen atoms in total. The van der Waals surface area contributed by atoms with E-state index in [9.17, 15) is 4.79 Å². The molecule has 2 heterocycles. The lowest BCUT2D eigenvalue weighted by Crippen LogP contribution is -2.22. The number of hydrogen-bond acceptors (Lipinski definition) is 6. The highest BCUT2D eigenvalue weighted by atomic mass is 16.4. The van der Waals surface area contributed by atoms with E-state index in [-0.39, 0.29) is 5.69 Å². The van der Waals surface area contributed by atoms with E-state index in [0.717, 1.165) is 19.5 Å².